The summed E-state index contributed by atoms with van der Waals surface area (Å²) in [5.74, 6) is 0.583. The van der Waals surface area contributed by atoms with E-state index in [-0.39, 0.29) is 5.57 Å². The van der Waals surface area contributed by atoms with Crippen LogP contribution in [0.25, 0.3) is 5.41 Å². The number of rotatable bonds is 2. The maximum absolute atomic E-state index is 10.3. The van der Waals surface area contributed by atoms with Crippen LogP contribution in [0.1, 0.15) is 13.8 Å². The average molecular weight is 124 g/mol. The summed E-state index contributed by atoms with van der Waals surface area (Å²) in [7, 11) is 0. The fourth-order valence-corrected chi connectivity index (χ4v) is 0.405. The summed E-state index contributed by atoms with van der Waals surface area (Å²) in [6, 6.07) is 0. The van der Waals surface area contributed by atoms with Crippen LogP contribution in [0, 0.1) is 0 Å². The normalized spacial score (nSPS) is 7.78. The molecule has 0 aromatic rings. The number of allylic oxidation sites excluding steroid dienone is 1. The molecule has 9 heavy (non-hydrogen) atoms. The Bertz CT molecular complexity index is 183. The van der Waals surface area contributed by atoms with Crippen LogP contribution >= 0.6 is 0 Å². The summed E-state index contributed by atoms with van der Waals surface area (Å²) in [5, 5.41) is 8.14. The third-order valence-corrected chi connectivity index (χ3v) is 0.816. The fraction of sp³-hybridized carbons (Fsp3) is 0.333. The maximum Gasteiger partial charge on any atom is 0.169 e. The predicted molar refractivity (Wildman–Crippen MR) is 33.2 cm³/mol. The summed E-state index contributed by atoms with van der Waals surface area (Å²) in [6.07, 6.45) is 0. The maximum atomic E-state index is 10.3. The van der Waals surface area contributed by atoms with Gasteiger partial charge in [-0.1, -0.05) is 0 Å². The van der Waals surface area contributed by atoms with Crippen molar-refractivity contribution in [3.05, 3.63) is 11.0 Å². The lowest BCUT2D eigenvalue weighted by Crippen LogP contribution is -2.05. The van der Waals surface area contributed by atoms with E-state index in [1.165, 1.54) is 19.7 Å². The average Bonchev–Trinajstić information content (AvgIpc) is 1.64. The van der Waals surface area contributed by atoms with Crippen molar-refractivity contribution in [2.45, 2.75) is 13.8 Å². The van der Waals surface area contributed by atoms with Crippen molar-refractivity contribution in [2.75, 3.05) is 0 Å². The summed E-state index contributed by atoms with van der Waals surface area (Å²) in [5.41, 5.74) is -0.282. The third kappa shape index (κ3) is 2.02. The van der Waals surface area contributed by atoms with Crippen LogP contribution < -0.4 is 0 Å². The second kappa shape index (κ2) is 2.95. The zero-order chi connectivity index (χ0) is 7.44. The first-order chi connectivity index (χ1) is 4.09. The molecule has 0 aromatic heterocycles. The second-order valence-electron chi connectivity index (χ2n) is 1.60. The molecule has 0 aliphatic carbocycles. The third-order valence-electron chi connectivity index (χ3n) is 0.816. The van der Waals surface area contributed by atoms with E-state index in [2.05, 4.69) is 0 Å². The first-order valence-corrected chi connectivity index (χ1v) is 2.38. The standard InChI is InChI=1S/C6H6NO2/c1-4(8)6(3-7)5(2)9/h1-2H3/q-1. The summed E-state index contributed by atoms with van der Waals surface area (Å²) in [4.78, 5) is 20.7. The monoisotopic (exact) mass is 124 g/mol. The fourth-order valence-electron chi connectivity index (χ4n) is 0.405. The van der Waals surface area contributed by atoms with Gasteiger partial charge in [0.05, 0.1) is 5.57 Å². The molecule has 0 atom stereocenters. The van der Waals surface area contributed by atoms with Gasteiger partial charge in [-0.05, 0) is 13.8 Å². The molecule has 0 unspecified atom stereocenters. The molecule has 0 saturated carbocycles. The highest BCUT2D eigenvalue weighted by atomic mass is 16.1. The molecule has 0 heterocycles. The predicted octanol–water partition coefficient (Wildman–Crippen LogP) is 0.330. The lowest BCUT2D eigenvalue weighted by molar-refractivity contribution is -0.119. The first-order valence-electron chi connectivity index (χ1n) is 2.38. The molecule has 0 rings (SSSR count). The second-order valence-corrected chi connectivity index (χ2v) is 1.60. The first kappa shape index (κ1) is 7.79. The number of ketones is 2. The van der Waals surface area contributed by atoms with Gasteiger partial charge in [-0.15, -0.1) is 0 Å². The van der Waals surface area contributed by atoms with Crippen molar-refractivity contribution in [3.63, 3.8) is 0 Å². The Kier molecular flexibility index (Phi) is 2.55. The highest BCUT2D eigenvalue weighted by Crippen LogP contribution is 1.90. The Balaban J connectivity index is 4.59. The lowest BCUT2D eigenvalue weighted by atomic mass is 10.1. The van der Waals surface area contributed by atoms with Gasteiger partial charge < -0.3 is 5.41 Å². The van der Waals surface area contributed by atoms with E-state index in [0.717, 1.165) is 0 Å². The van der Waals surface area contributed by atoms with Crippen molar-refractivity contribution >= 4 is 17.4 Å². The molecule has 0 spiro atoms. The van der Waals surface area contributed by atoms with Gasteiger partial charge in [-0.2, -0.15) is 0 Å². The summed E-state index contributed by atoms with van der Waals surface area (Å²) in [6.45, 7) is 2.39. The van der Waals surface area contributed by atoms with E-state index in [1.807, 2.05) is 0 Å². The van der Waals surface area contributed by atoms with E-state index in [0.29, 0.717) is 0 Å². The van der Waals surface area contributed by atoms with Crippen LogP contribution in [0.2, 0.25) is 0 Å². The molecule has 0 bridgehead atoms. The Morgan fingerprint density at radius 1 is 1.22 bits per heavy atom. The van der Waals surface area contributed by atoms with Crippen molar-refractivity contribution < 1.29 is 9.59 Å². The number of carbonyl (C=O) groups is 2. The van der Waals surface area contributed by atoms with Gasteiger partial charge in [0.2, 0.25) is 0 Å². The molecule has 3 heteroatoms. The Morgan fingerprint density at radius 2 is 1.56 bits per heavy atom. The molecular formula is C6H6NO2-. The smallest absolute Gasteiger partial charge is 0.169 e. The Hall–Kier alpha value is -1.21. The van der Waals surface area contributed by atoms with E-state index in [1.54, 1.807) is 0 Å². The van der Waals surface area contributed by atoms with E-state index >= 15 is 0 Å². The van der Waals surface area contributed by atoms with Crippen LogP contribution in [0.4, 0.5) is 0 Å². The van der Waals surface area contributed by atoms with Gasteiger partial charge in [0.1, 0.15) is 0 Å². The Morgan fingerprint density at radius 3 is 1.56 bits per heavy atom. The molecule has 0 N–H and O–H groups in total. The van der Waals surface area contributed by atoms with Crippen LogP contribution in [0.5, 0.6) is 0 Å². The summed E-state index contributed by atoms with van der Waals surface area (Å²) < 4.78 is 0. The minimum absolute atomic E-state index is 0.282. The molecule has 48 valence electrons. The zero-order valence-electron chi connectivity index (χ0n) is 5.26. The van der Waals surface area contributed by atoms with Gasteiger partial charge in [0, 0.05) is 0 Å². The molecule has 0 fully saturated rings. The number of Topliss-reactive ketones (excluding diaryl/α,β-unsaturated/α-hetero) is 2. The van der Waals surface area contributed by atoms with Crippen LogP contribution in [-0.4, -0.2) is 17.4 Å². The van der Waals surface area contributed by atoms with E-state index in [4.69, 9.17) is 5.41 Å². The molecule has 0 aromatic carbocycles. The van der Waals surface area contributed by atoms with Crippen LogP contribution in [0.3, 0.4) is 0 Å². The molecule has 0 saturated heterocycles. The zero-order valence-corrected chi connectivity index (χ0v) is 5.26. The van der Waals surface area contributed by atoms with Crippen molar-refractivity contribution in [1.29, 1.82) is 0 Å². The molecule has 0 amide bonds. The quantitative estimate of drug-likeness (QED) is 0.230. The number of carbonyl (C=O) groups excluding carboxylic acids is 2. The highest BCUT2D eigenvalue weighted by Gasteiger charge is 2.04. The topological polar surface area (TPSA) is 56.4 Å². The summed E-state index contributed by atoms with van der Waals surface area (Å²) >= 11 is 0. The van der Waals surface area contributed by atoms with Gasteiger partial charge >= 0.3 is 0 Å². The van der Waals surface area contributed by atoms with Crippen LogP contribution in [-0.2, 0) is 9.59 Å². The number of hydrogen-bond donors (Lipinski definition) is 0. The molecule has 0 radical (unpaired) electrons. The van der Waals surface area contributed by atoms with E-state index in [9.17, 15) is 9.59 Å². The van der Waals surface area contributed by atoms with E-state index < -0.39 is 11.6 Å². The molecular weight excluding hydrogens is 118 g/mol. The number of nitrogens with zero attached hydrogens (tertiary/aromatic N) is 1. The number of hydrogen-bond acceptors (Lipinski definition) is 2. The van der Waals surface area contributed by atoms with Gasteiger partial charge in [-0.3, -0.25) is 15.5 Å². The highest BCUT2D eigenvalue weighted by molar-refractivity contribution is 6.24. The molecule has 3 nitrogen and oxygen atoms in total. The molecule has 0 aliphatic rings. The van der Waals surface area contributed by atoms with Crippen molar-refractivity contribution in [2.24, 2.45) is 0 Å². The van der Waals surface area contributed by atoms with Crippen molar-refractivity contribution in [3.8, 4) is 0 Å². The van der Waals surface area contributed by atoms with Crippen molar-refractivity contribution in [1.82, 2.24) is 0 Å². The molecule has 0 aliphatic heterocycles. The van der Waals surface area contributed by atoms with Gasteiger partial charge in [0.25, 0.3) is 0 Å². The van der Waals surface area contributed by atoms with Crippen LogP contribution in [0.15, 0.2) is 5.57 Å². The largest absolute Gasteiger partial charge is 0.763 e. The SMILES string of the molecule is CC(=O)C(=C=[N-])C(C)=O. The van der Waals surface area contributed by atoms with Gasteiger partial charge in [-0.25, -0.2) is 0 Å². The lowest BCUT2D eigenvalue weighted by Gasteiger charge is -1.92. The van der Waals surface area contributed by atoms with Gasteiger partial charge in [0.15, 0.2) is 11.6 Å². The minimum atomic E-state index is -0.468. The minimum Gasteiger partial charge on any atom is -0.763 e. The Labute approximate surface area is 52.9 Å².